The van der Waals surface area contributed by atoms with Crippen LogP contribution in [0.25, 0.3) is 21.9 Å². The van der Waals surface area contributed by atoms with Gasteiger partial charge in [-0.15, -0.1) is 0 Å². The van der Waals surface area contributed by atoms with E-state index in [0.717, 1.165) is 33.3 Å². The second-order valence-corrected chi connectivity index (χ2v) is 8.64. The minimum Gasteiger partial charge on any atom is -0.456 e. The SMILES string of the molecule is c1ccc(C2(c3ccc4oc5ccccc5c4c3)c3ccccc3Nc3ccccc32)cc1. The van der Waals surface area contributed by atoms with Crippen molar-refractivity contribution in [3.05, 3.63) is 144 Å². The molecule has 2 nitrogen and oxygen atoms in total. The van der Waals surface area contributed by atoms with E-state index in [-0.39, 0.29) is 0 Å². The maximum atomic E-state index is 6.16. The molecule has 0 saturated heterocycles. The van der Waals surface area contributed by atoms with Gasteiger partial charge in [0.2, 0.25) is 0 Å². The molecule has 0 spiro atoms. The van der Waals surface area contributed by atoms with Crippen molar-refractivity contribution in [2.75, 3.05) is 5.32 Å². The molecule has 5 aromatic carbocycles. The topological polar surface area (TPSA) is 25.2 Å². The number of rotatable bonds is 2. The van der Waals surface area contributed by atoms with Gasteiger partial charge < -0.3 is 9.73 Å². The molecule has 1 N–H and O–H groups in total. The van der Waals surface area contributed by atoms with E-state index in [0.29, 0.717) is 0 Å². The number of benzene rings is 5. The quantitative estimate of drug-likeness (QED) is 0.304. The first-order valence-electron chi connectivity index (χ1n) is 11.3. The first-order valence-corrected chi connectivity index (χ1v) is 11.3. The fourth-order valence-corrected chi connectivity index (χ4v) is 5.56. The van der Waals surface area contributed by atoms with Crippen molar-refractivity contribution in [1.29, 1.82) is 0 Å². The first-order chi connectivity index (χ1) is 16.4. The van der Waals surface area contributed by atoms with Gasteiger partial charge in [-0.05, 0) is 52.6 Å². The van der Waals surface area contributed by atoms with E-state index >= 15 is 0 Å². The van der Waals surface area contributed by atoms with Crippen molar-refractivity contribution in [3.63, 3.8) is 0 Å². The van der Waals surface area contributed by atoms with Crippen LogP contribution < -0.4 is 5.32 Å². The number of anilines is 2. The highest BCUT2D eigenvalue weighted by Gasteiger charge is 2.44. The van der Waals surface area contributed by atoms with E-state index in [2.05, 4.69) is 115 Å². The van der Waals surface area contributed by atoms with E-state index in [9.17, 15) is 0 Å². The predicted molar refractivity (Wildman–Crippen MR) is 135 cm³/mol. The lowest BCUT2D eigenvalue weighted by Gasteiger charge is -2.42. The van der Waals surface area contributed by atoms with Crippen LogP contribution >= 0.6 is 0 Å². The third-order valence-corrected chi connectivity index (χ3v) is 6.95. The van der Waals surface area contributed by atoms with Crippen molar-refractivity contribution < 1.29 is 4.42 Å². The number of fused-ring (bicyclic) bond motifs is 5. The van der Waals surface area contributed by atoms with Crippen LogP contribution in [0.15, 0.2) is 126 Å². The van der Waals surface area contributed by atoms with Crippen LogP contribution in [0.3, 0.4) is 0 Å². The molecular formula is C31H21NO. The lowest BCUT2D eigenvalue weighted by atomic mass is 9.63. The van der Waals surface area contributed by atoms with Gasteiger partial charge >= 0.3 is 0 Å². The maximum Gasteiger partial charge on any atom is 0.135 e. The summed E-state index contributed by atoms with van der Waals surface area (Å²) in [7, 11) is 0. The fraction of sp³-hybridized carbons (Fsp3) is 0.0323. The van der Waals surface area contributed by atoms with Gasteiger partial charge in [-0.2, -0.15) is 0 Å². The Kier molecular flexibility index (Phi) is 3.80. The summed E-state index contributed by atoms with van der Waals surface area (Å²) in [5.74, 6) is 0. The lowest BCUT2D eigenvalue weighted by molar-refractivity contribution is 0.668. The van der Waals surface area contributed by atoms with E-state index in [4.69, 9.17) is 4.42 Å². The molecule has 1 aromatic heterocycles. The molecule has 0 bridgehead atoms. The third kappa shape index (κ3) is 2.49. The van der Waals surface area contributed by atoms with E-state index in [1.54, 1.807) is 0 Å². The molecule has 0 atom stereocenters. The van der Waals surface area contributed by atoms with Crippen LogP contribution in [0.4, 0.5) is 11.4 Å². The average Bonchev–Trinajstić information content (AvgIpc) is 3.26. The zero-order valence-corrected chi connectivity index (χ0v) is 18.0. The molecule has 1 aliphatic heterocycles. The highest BCUT2D eigenvalue weighted by molar-refractivity contribution is 6.05. The Bertz CT molecular complexity index is 1600. The minimum atomic E-state index is -0.452. The Morgan fingerprint density at radius 1 is 0.485 bits per heavy atom. The van der Waals surface area contributed by atoms with E-state index in [1.165, 1.54) is 22.3 Å². The smallest absolute Gasteiger partial charge is 0.135 e. The van der Waals surface area contributed by atoms with Crippen LogP contribution in [-0.4, -0.2) is 0 Å². The zero-order valence-electron chi connectivity index (χ0n) is 18.0. The Balaban J connectivity index is 1.65. The maximum absolute atomic E-state index is 6.16. The average molecular weight is 424 g/mol. The van der Waals surface area contributed by atoms with E-state index < -0.39 is 5.41 Å². The third-order valence-electron chi connectivity index (χ3n) is 6.95. The highest BCUT2D eigenvalue weighted by atomic mass is 16.3. The molecule has 0 amide bonds. The number of para-hydroxylation sites is 3. The van der Waals surface area contributed by atoms with Crippen molar-refractivity contribution in [1.82, 2.24) is 0 Å². The molecule has 0 saturated carbocycles. The van der Waals surface area contributed by atoms with Crippen LogP contribution in [0.2, 0.25) is 0 Å². The molecule has 156 valence electrons. The largest absolute Gasteiger partial charge is 0.456 e. The van der Waals surface area contributed by atoms with E-state index in [1.807, 2.05) is 12.1 Å². The van der Waals surface area contributed by atoms with Gasteiger partial charge in [0.25, 0.3) is 0 Å². The van der Waals surface area contributed by atoms with Crippen LogP contribution in [-0.2, 0) is 5.41 Å². The monoisotopic (exact) mass is 423 g/mol. The first kappa shape index (κ1) is 18.3. The van der Waals surface area contributed by atoms with Crippen molar-refractivity contribution in [3.8, 4) is 0 Å². The minimum absolute atomic E-state index is 0.452. The molecular weight excluding hydrogens is 402 g/mol. The zero-order chi connectivity index (χ0) is 21.8. The van der Waals surface area contributed by atoms with Crippen molar-refractivity contribution in [2.24, 2.45) is 0 Å². The Hall–Kier alpha value is -4.30. The van der Waals surface area contributed by atoms with Gasteiger partial charge in [0.05, 0.1) is 5.41 Å². The normalized spacial score (nSPS) is 13.9. The number of hydrogen-bond acceptors (Lipinski definition) is 2. The summed E-state index contributed by atoms with van der Waals surface area (Å²) < 4.78 is 6.16. The molecule has 7 rings (SSSR count). The van der Waals surface area contributed by atoms with Crippen LogP contribution in [0.1, 0.15) is 22.3 Å². The Labute approximate surface area is 192 Å². The van der Waals surface area contributed by atoms with Crippen LogP contribution in [0.5, 0.6) is 0 Å². The fourth-order valence-electron chi connectivity index (χ4n) is 5.56. The molecule has 0 radical (unpaired) electrons. The van der Waals surface area contributed by atoms with Gasteiger partial charge in [-0.3, -0.25) is 0 Å². The molecule has 0 aliphatic carbocycles. The molecule has 6 aromatic rings. The van der Waals surface area contributed by atoms with Crippen molar-refractivity contribution in [2.45, 2.75) is 5.41 Å². The molecule has 2 heteroatoms. The lowest BCUT2D eigenvalue weighted by Crippen LogP contribution is -2.35. The van der Waals surface area contributed by atoms with Crippen LogP contribution in [0, 0.1) is 0 Å². The summed E-state index contributed by atoms with van der Waals surface area (Å²) in [5.41, 5.74) is 8.64. The van der Waals surface area contributed by atoms with Crippen molar-refractivity contribution >= 4 is 33.3 Å². The molecule has 0 fully saturated rings. The summed E-state index contributed by atoms with van der Waals surface area (Å²) in [6.07, 6.45) is 0. The van der Waals surface area contributed by atoms with Gasteiger partial charge in [-0.1, -0.05) is 91.0 Å². The molecule has 0 unspecified atom stereocenters. The molecule has 33 heavy (non-hydrogen) atoms. The molecule has 2 heterocycles. The predicted octanol–water partition coefficient (Wildman–Crippen LogP) is 8.03. The highest BCUT2D eigenvalue weighted by Crippen LogP contribution is 2.53. The summed E-state index contributed by atoms with van der Waals surface area (Å²) in [5, 5.41) is 5.97. The number of nitrogens with one attached hydrogen (secondary N) is 1. The second-order valence-electron chi connectivity index (χ2n) is 8.64. The standard InChI is InChI=1S/C31H21NO/c1-2-10-21(11-3-1)31(22-18-19-30-24(20-22)23-12-4-9-17-29(23)33-30)25-13-5-7-15-27(25)32-28-16-8-6-14-26(28)31/h1-20,32H. The van der Waals surface area contributed by atoms with Gasteiger partial charge in [-0.25, -0.2) is 0 Å². The Morgan fingerprint density at radius 3 is 1.85 bits per heavy atom. The summed E-state index contributed by atoms with van der Waals surface area (Å²) >= 11 is 0. The van der Waals surface area contributed by atoms with Gasteiger partial charge in [0.1, 0.15) is 11.2 Å². The summed E-state index contributed by atoms with van der Waals surface area (Å²) in [6.45, 7) is 0. The Morgan fingerprint density at radius 2 is 1.09 bits per heavy atom. The summed E-state index contributed by atoms with van der Waals surface area (Å²) in [4.78, 5) is 0. The molecule has 1 aliphatic rings. The summed E-state index contributed by atoms with van der Waals surface area (Å²) in [6, 6.07) is 43.1. The van der Waals surface area contributed by atoms with Gasteiger partial charge in [0.15, 0.2) is 0 Å². The number of hydrogen-bond donors (Lipinski definition) is 1. The van der Waals surface area contributed by atoms with Gasteiger partial charge in [0, 0.05) is 22.1 Å². The number of furan rings is 1. The second kappa shape index (κ2) is 6.85.